The Morgan fingerprint density at radius 3 is 2.45 bits per heavy atom. The van der Waals surface area contributed by atoms with Crippen LogP contribution in [0.3, 0.4) is 0 Å². The van der Waals surface area contributed by atoms with Crippen molar-refractivity contribution in [3.05, 3.63) is 95.9 Å². The number of ether oxygens (including phenoxy) is 2. The second-order valence-corrected chi connectivity index (χ2v) is 7.37. The van der Waals surface area contributed by atoms with E-state index in [0.717, 1.165) is 39.6 Å². The van der Waals surface area contributed by atoms with Crippen molar-refractivity contribution in [2.24, 2.45) is 0 Å². The van der Waals surface area contributed by atoms with Crippen LogP contribution in [-0.4, -0.2) is 23.0 Å². The molecule has 1 aliphatic rings. The molecule has 2 heterocycles. The van der Waals surface area contributed by atoms with Crippen LogP contribution in [0.5, 0.6) is 11.5 Å². The van der Waals surface area contributed by atoms with Crippen molar-refractivity contribution >= 4 is 0 Å². The summed E-state index contributed by atoms with van der Waals surface area (Å²) in [4.78, 5) is 0. The van der Waals surface area contributed by atoms with E-state index in [9.17, 15) is 4.39 Å². The van der Waals surface area contributed by atoms with E-state index in [0.29, 0.717) is 26.3 Å². The predicted octanol–water partition coefficient (Wildman–Crippen LogP) is 4.74. The van der Waals surface area contributed by atoms with Gasteiger partial charge in [-0.25, -0.2) is 9.07 Å². The highest BCUT2D eigenvalue weighted by atomic mass is 19.1. The quantitative estimate of drug-likeness (QED) is 0.494. The van der Waals surface area contributed by atoms with Crippen molar-refractivity contribution in [2.75, 3.05) is 13.2 Å². The van der Waals surface area contributed by atoms with Gasteiger partial charge in [-0.1, -0.05) is 24.3 Å². The lowest BCUT2D eigenvalue weighted by Gasteiger charge is -2.19. The van der Waals surface area contributed by atoms with Gasteiger partial charge in [0.2, 0.25) is 0 Å². The Labute approximate surface area is 180 Å². The van der Waals surface area contributed by atoms with E-state index >= 15 is 0 Å². The van der Waals surface area contributed by atoms with Crippen LogP contribution >= 0.6 is 0 Å². The fourth-order valence-electron chi connectivity index (χ4n) is 3.64. The van der Waals surface area contributed by atoms with Gasteiger partial charge < -0.3 is 14.8 Å². The Hall–Kier alpha value is -3.64. The first-order valence-electron chi connectivity index (χ1n) is 10.3. The Morgan fingerprint density at radius 2 is 1.65 bits per heavy atom. The number of hydrogen-bond donors (Lipinski definition) is 1. The van der Waals surface area contributed by atoms with E-state index < -0.39 is 0 Å². The number of benzene rings is 3. The Balaban J connectivity index is 1.37. The maximum Gasteiger partial charge on any atom is 0.161 e. The van der Waals surface area contributed by atoms with E-state index in [-0.39, 0.29) is 5.82 Å². The van der Waals surface area contributed by atoms with Crippen LogP contribution < -0.4 is 14.8 Å². The lowest BCUT2D eigenvalue weighted by Crippen LogP contribution is -2.16. The summed E-state index contributed by atoms with van der Waals surface area (Å²) >= 11 is 0. The van der Waals surface area contributed by atoms with Crippen molar-refractivity contribution in [1.29, 1.82) is 0 Å². The van der Waals surface area contributed by atoms with Gasteiger partial charge in [0.1, 0.15) is 19.0 Å². The van der Waals surface area contributed by atoms with Crippen molar-refractivity contribution < 1.29 is 13.9 Å². The highest BCUT2D eigenvalue weighted by Gasteiger charge is 2.14. The van der Waals surface area contributed by atoms with E-state index in [1.54, 1.807) is 12.1 Å². The molecule has 0 saturated carbocycles. The van der Waals surface area contributed by atoms with Gasteiger partial charge >= 0.3 is 0 Å². The molecule has 0 saturated heterocycles. The second-order valence-electron chi connectivity index (χ2n) is 7.37. The SMILES string of the molecule is Fc1ccc(-c2nn(-c3ccccc3)cc2CNCc2ccc3c(c2)OCCO3)cc1. The third kappa shape index (κ3) is 4.29. The largest absolute Gasteiger partial charge is 0.486 e. The molecule has 5 nitrogen and oxygen atoms in total. The van der Waals surface area contributed by atoms with Crippen molar-refractivity contribution in [3.8, 4) is 28.4 Å². The zero-order valence-electron chi connectivity index (χ0n) is 16.9. The molecule has 156 valence electrons. The average Bonchev–Trinajstić information content (AvgIpc) is 3.24. The molecule has 0 bridgehead atoms. The van der Waals surface area contributed by atoms with Crippen molar-refractivity contribution in [1.82, 2.24) is 15.1 Å². The van der Waals surface area contributed by atoms with Crippen LogP contribution in [-0.2, 0) is 13.1 Å². The van der Waals surface area contributed by atoms with Crippen molar-refractivity contribution in [2.45, 2.75) is 13.1 Å². The number of hydrogen-bond acceptors (Lipinski definition) is 4. The molecule has 1 aromatic heterocycles. The first kappa shape index (κ1) is 19.3. The number of halogens is 1. The first-order chi connectivity index (χ1) is 15.3. The summed E-state index contributed by atoms with van der Waals surface area (Å²) in [5.74, 6) is 1.32. The van der Waals surface area contributed by atoms with Gasteiger partial charge in [0.05, 0.1) is 11.4 Å². The topological polar surface area (TPSA) is 48.3 Å². The Morgan fingerprint density at radius 1 is 0.871 bits per heavy atom. The molecule has 0 spiro atoms. The molecule has 31 heavy (non-hydrogen) atoms. The number of nitrogens with one attached hydrogen (secondary N) is 1. The van der Waals surface area contributed by atoms with E-state index in [1.807, 2.05) is 59.4 Å². The van der Waals surface area contributed by atoms with Crippen LogP contribution in [0, 0.1) is 5.82 Å². The summed E-state index contributed by atoms with van der Waals surface area (Å²) in [5.41, 5.74) is 4.84. The fourth-order valence-corrected chi connectivity index (χ4v) is 3.64. The summed E-state index contributed by atoms with van der Waals surface area (Å²) in [6.07, 6.45) is 2.02. The molecule has 3 aromatic carbocycles. The number of para-hydroxylation sites is 1. The molecule has 0 atom stereocenters. The van der Waals surface area contributed by atoms with Crippen LogP contribution in [0.25, 0.3) is 16.9 Å². The molecule has 4 aromatic rings. The minimum absolute atomic E-state index is 0.260. The molecule has 6 heteroatoms. The normalized spacial score (nSPS) is 12.7. The summed E-state index contributed by atoms with van der Waals surface area (Å²) in [6, 6.07) is 22.4. The minimum atomic E-state index is -0.260. The standard InChI is InChI=1S/C25H22FN3O2/c26-21-9-7-19(8-10-21)25-20(17-29(28-25)22-4-2-1-3-5-22)16-27-15-18-6-11-23-24(14-18)31-13-12-30-23/h1-11,14,17,27H,12-13,15-16H2. The third-order valence-corrected chi connectivity index (χ3v) is 5.18. The zero-order chi connectivity index (χ0) is 21.0. The van der Waals surface area contributed by atoms with E-state index in [4.69, 9.17) is 14.6 Å². The van der Waals surface area contributed by atoms with Crippen LogP contribution in [0.2, 0.25) is 0 Å². The van der Waals surface area contributed by atoms with Gasteiger partial charge in [-0.15, -0.1) is 0 Å². The molecule has 5 rings (SSSR count). The number of nitrogens with zero attached hydrogens (tertiary/aromatic N) is 2. The predicted molar refractivity (Wildman–Crippen MR) is 117 cm³/mol. The number of fused-ring (bicyclic) bond motifs is 1. The summed E-state index contributed by atoms with van der Waals surface area (Å²) in [5, 5.41) is 8.27. The Kier molecular flexibility index (Phi) is 5.37. The highest BCUT2D eigenvalue weighted by molar-refractivity contribution is 5.63. The number of rotatable bonds is 6. The van der Waals surface area contributed by atoms with E-state index in [2.05, 4.69) is 5.32 Å². The molecule has 1 aliphatic heterocycles. The monoisotopic (exact) mass is 415 g/mol. The third-order valence-electron chi connectivity index (χ3n) is 5.18. The highest BCUT2D eigenvalue weighted by Crippen LogP contribution is 2.31. The van der Waals surface area contributed by atoms with E-state index in [1.165, 1.54) is 12.1 Å². The average molecular weight is 415 g/mol. The van der Waals surface area contributed by atoms with Gasteiger partial charge in [-0.05, 0) is 54.1 Å². The number of aromatic nitrogens is 2. The summed E-state index contributed by atoms with van der Waals surface area (Å²) < 4.78 is 26.5. The van der Waals surface area contributed by atoms with Gasteiger partial charge in [0.15, 0.2) is 11.5 Å². The molecule has 1 N–H and O–H groups in total. The van der Waals surface area contributed by atoms with Gasteiger partial charge in [-0.3, -0.25) is 0 Å². The van der Waals surface area contributed by atoms with Crippen LogP contribution in [0.1, 0.15) is 11.1 Å². The molecule has 0 fully saturated rings. The maximum atomic E-state index is 13.4. The molecule has 0 amide bonds. The zero-order valence-corrected chi connectivity index (χ0v) is 16.9. The second kappa shape index (κ2) is 8.62. The molecular formula is C25H22FN3O2. The van der Waals surface area contributed by atoms with Crippen LogP contribution in [0.15, 0.2) is 79.0 Å². The van der Waals surface area contributed by atoms with Crippen molar-refractivity contribution in [3.63, 3.8) is 0 Å². The maximum absolute atomic E-state index is 13.4. The fraction of sp³-hybridized carbons (Fsp3) is 0.160. The summed E-state index contributed by atoms with van der Waals surface area (Å²) in [7, 11) is 0. The lowest BCUT2D eigenvalue weighted by atomic mass is 10.1. The molecule has 0 aliphatic carbocycles. The molecular weight excluding hydrogens is 393 g/mol. The van der Waals surface area contributed by atoms with Gasteiger partial charge in [-0.2, -0.15) is 5.10 Å². The van der Waals surface area contributed by atoms with Crippen LogP contribution in [0.4, 0.5) is 4.39 Å². The molecule has 0 radical (unpaired) electrons. The Bertz CT molecular complexity index is 1170. The lowest BCUT2D eigenvalue weighted by molar-refractivity contribution is 0.171. The smallest absolute Gasteiger partial charge is 0.161 e. The minimum Gasteiger partial charge on any atom is -0.486 e. The molecule has 0 unspecified atom stereocenters. The first-order valence-corrected chi connectivity index (χ1v) is 10.3. The van der Waals surface area contributed by atoms with Gasteiger partial charge in [0.25, 0.3) is 0 Å². The van der Waals surface area contributed by atoms with Gasteiger partial charge in [0, 0.05) is 30.4 Å². The summed E-state index contributed by atoms with van der Waals surface area (Å²) in [6.45, 7) is 2.45.